The van der Waals surface area contributed by atoms with E-state index in [0.717, 1.165) is 12.3 Å². The van der Waals surface area contributed by atoms with Gasteiger partial charge in [-0.15, -0.1) is 0 Å². The maximum atomic E-state index is 13.1. The SMILES string of the molecule is CCOC(=O)CNC(=O)c1ccnc(F)c1F. The Labute approximate surface area is 95.8 Å². The first-order valence-corrected chi connectivity index (χ1v) is 4.80. The van der Waals surface area contributed by atoms with Crippen LogP contribution < -0.4 is 5.32 Å². The number of ether oxygens (including phenoxy) is 1. The van der Waals surface area contributed by atoms with Gasteiger partial charge in [0, 0.05) is 6.20 Å². The summed E-state index contributed by atoms with van der Waals surface area (Å²) in [6.07, 6.45) is 0.956. The van der Waals surface area contributed by atoms with E-state index in [4.69, 9.17) is 0 Å². The number of hydrogen-bond donors (Lipinski definition) is 1. The Bertz CT molecular complexity index is 438. The van der Waals surface area contributed by atoms with Crippen LogP contribution in [-0.4, -0.2) is 30.0 Å². The maximum Gasteiger partial charge on any atom is 0.325 e. The van der Waals surface area contributed by atoms with Gasteiger partial charge in [-0.2, -0.15) is 4.39 Å². The molecule has 0 radical (unpaired) electrons. The summed E-state index contributed by atoms with van der Waals surface area (Å²) < 4.78 is 30.4. The summed E-state index contributed by atoms with van der Waals surface area (Å²) in [6, 6.07) is 1.01. The fraction of sp³-hybridized carbons (Fsp3) is 0.300. The summed E-state index contributed by atoms with van der Waals surface area (Å²) in [5, 5.41) is 2.10. The number of halogens is 2. The van der Waals surface area contributed by atoms with Crippen LogP contribution in [-0.2, 0) is 9.53 Å². The molecule has 0 unspecified atom stereocenters. The summed E-state index contributed by atoms with van der Waals surface area (Å²) in [7, 11) is 0. The molecule has 0 aliphatic carbocycles. The van der Waals surface area contributed by atoms with Gasteiger partial charge < -0.3 is 10.1 Å². The lowest BCUT2D eigenvalue weighted by Crippen LogP contribution is -2.31. The first-order valence-electron chi connectivity index (χ1n) is 4.80. The lowest BCUT2D eigenvalue weighted by Gasteiger charge is -2.05. The van der Waals surface area contributed by atoms with Gasteiger partial charge in [-0.1, -0.05) is 0 Å². The smallest absolute Gasteiger partial charge is 0.325 e. The molecule has 0 saturated carbocycles. The van der Waals surface area contributed by atoms with Crippen molar-refractivity contribution < 1.29 is 23.1 Å². The zero-order valence-corrected chi connectivity index (χ0v) is 9.00. The number of carbonyl (C=O) groups excluding carboxylic acids is 2. The van der Waals surface area contributed by atoms with Crippen LogP contribution in [0.1, 0.15) is 17.3 Å². The molecular weight excluding hydrogens is 234 g/mol. The molecule has 0 atom stereocenters. The van der Waals surface area contributed by atoms with Gasteiger partial charge in [-0.25, -0.2) is 9.37 Å². The van der Waals surface area contributed by atoms with Crippen LogP contribution in [0.15, 0.2) is 12.3 Å². The molecule has 0 bridgehead atoms. The molecule has 1 rings (SSSR count). The summed E-state index contributed by atoms with van der Waals surface area (Å²) in [4.78, 5) is 25.3. The van der Waals surface area contributed by atoms with E-state index in [1.165, 1.54) is 0 Å². The monoisotopic (exact) mass is 244 g/mol. The van der Waals surface area contributed by atoms with Crippen molar-refractivity contribution >= 4 is 11.9 Å². The normalized spacial score (nSPS) is 9.82. The van der Waals surface area contributed by atoms with Crippen molar-refractivity contribution in [3.63, 3.8) is 0 Å². The number of nitrogens with one attached hydrogen (secondary N) is 1. The molecule has 0 aromatic carbocycles. The number of hydrogen-bond acceptors (Lipinski definition) is 4. The van der Waals surface area contributed by atoms with Gasteiger partial charge in [0.1, 0.15) is 6.54 Å². The minimum absolute atomic E-state index is 0.174. The Morgan fingerprint density at radius 1 is 1.47 bits per heavy atom. The third-order valence-corrected chi connectivity index (χ3v) is 1.79. The lowest BCUT2D eigenvalue weighted by molar-refractivity contribution is -0.141. The van der Waals surface area contributed by atoms with E-state index in [2.05, 4.69) is 15.0 Å². The highest BCUT2D eigenvalue weighted by atomic mass is 19.2. The second-order valence-electron chi connectivity index (χ2n) is 2.95. The van der Waals surface area contributed by atoms with Crippen LogP contribution in [0.25, 0.3) is 0 Å². The van der Waals surface area contributed by atoms with Crippen LogP contribution in [0.5, 0.6) is 0 Å². The van der Waals surface area contributed by atoms with Crippen LogP contribution >= 0.6 is 0 Å². The van der Waals surface area contributed by atoms with Crippen LogP contribution in [0.2, 0.25) is 0 Å². The van der Waals surface area contributed by atoms with Crippen molar-refractivity contribution in [2.45, 2.75) is 6.92 Å². The number of carbonyl (C=O) groups is 2. The van der Waals surface area contributed by atoms with Gasteiger partial charge in [-0.3, -0.25) is 9.59 Å². The fourth-order valence-corrected chi connectivity index (χ4v) is 1.05. The zero-order valence-electron chi connectivity index (χ0n) is 9.00. The van der Waals surface area contributed by atoms with E-state index < -0.39 is 35.7 Å². The first-order chi connectivity index (χ1) is 8.06. The Morgan fingerprint density at radius 3 is 2.82 bits per heavy atom. The third kappa shape index (κ3) is 3.47. The van der Waals surface area contributed by atoms with Gasteiger partial charge >= 0.3 is 5.97 Å². The van der Waals surface area contributed by atoms with E-state index in [-0.39, 0.29) is 6.61 Å². The molecule has 5 nitrogen and oxygen atoms in total. The van der Waals surface area contributed by atoms with Crippen LogP contribution in [0.4, 0.5) is 8.78 Å². The topological polar surface area (TPSA) is 68.3 Å². The first kappa shape index (κ1) is 13.0. The largest absolute Gasteiger partial charge is 0.465 e. The molecule has 1 heterocycles. The summed E-state index contributed by atoms with van der Waals surface area (Å²) >= 11 is 0. The Balaban J connectivity index is 2.64. The average molecular weight is 244 g/mol. The van der Waals surface area contributed by atoms with E-state index in [0.29, 0.717) is 0 Å². The Morgan fingerprint density at radius 2 is 2.18 bits per heavy atom. The van der Waals surface area contributed by atoms with Gasteiger partial charge in [0.2, 0.25) is 5.95 Å². The molecule has 0 fully saturated rings. The van der Waals surface area contributed by atoms with E-state index in [9.17, 15) is 18.4 Å². The maximum absolute atomic E-state index is 13.1. The summed E-state index contributed by atoms with van der Waals surface area (Å²) in [5.74, 6) is -4.28. The molecule has 0 spiro atoms. The van der Waals surface area contributed by atoms with E-state index in [1.54, 1.807) is 6.92 Å². The van der Waals surface area contributed by atoms with Gasteiger partial charge in [0.05, 0.1) is 12.2 Å². The van der Waals surface area contributed by atoms with Crippen LogP contribution in [0.3, 0.4) is 0 Å². The predicted molar refractivity (Wildman–Crippen MR) is 53.1 cm³/mol. The fourth-order valence-electron chi connectivity index (χ4n) is 1.05. The number of pyridine rings is 1. The molecule has 92 valence electrons. The van der Waals surface area contributed by atoms with Gasteiger partial charge in [0.15, 0.2) is 5.82 Å². The zero-order chi connectivity index (χ0) is 12.8. The number of rotatable bonds is 4. The Hall–Kier alpha value is -2.05. The van der Waals surface area contributed by atoms with E-state index in [1.807, 2.05) is 0 Å². The van der Waals surface area contributed by atoms with Crippen molar-refractivity contribution in [2.75, 3.05) is 13.2 Å². The standard InChI is InChI=1S/C10H10F2N2O3/c1-2-17-7(15)5-14-10(16)6-3-4-13-9(12)8(6)11/h3-4H,2,5H2,1H3,(H,14,16). The quantitative estimate of drug-likeness (QED) is 0.623. The number of esters is 1. The molecule has 1 amide bonds. The van der Waals surface area contributed by atoms with E-state index >= 15 is 0 Å². The Kier molecular flexibility index (Phi) is 4.50. The minimum atomic E-state index is -1.37. The molecule has 0 saturated heterocycles. The van der Waals surface area contributed by atoms with Crippen molar-refractivity contribution in [2.24, 2.45) is 0 Å². The molecule has 1 aromatic rings. The van der Waals surface area contributed by atoms with Crippen molar-refractivity contribution in [1.82, 2.24) is 10.3 Å². The lowest BCUT2D eigenvalue weighted by atomic mass is 10.2. The average Bonchev–Trinajstić information content (AvgIpc) is 2.30. The highest BCUT2D eigenvalue weighted by molar-refractivity contribution is 5.96. The molecule has 0 aliphatic heterocycles. The minimum Gasteiger partial charge on any atom is -0.465 e. The molecule has 17 heavy (non-hydrogen) atoms. The molecular formula is C10H10F2N2O3. The molecule has 1 N–H and O–H groups in total. The number of aromatic nitrogens is 1. The predicted octanol–water partition coefficient (Wildman–Crippen LogP) is 0.653. The number of amides is 1. The van der Waals surface area contributed by atoms with Crippen molar-refractivity contribution in [3.8, 4) is 0 Å². The highest BCUT2D eigenvalue weighted by Gasteiger charge is 2.16. The second kappa shape index (κ2) is 5.88. The number of nitrogens with zero attached hydrogens (tertiary/aromatic N) is 1. The van der Waals surface area contributed by atoms with Crippen LogP contribution in [0, 0.1) is 11.8 Å². The third-order valence-electron chi connectivity index (χ3n) is 1.79. The molecule has 1 aromatic heterocycles. The molecule has 7 heteroatoms. The van der Waals surface area contributed by atoms with Crippen molar-refractivity contribution in [1.29, 1.82) is 0 Å². The van der Waals surface area contributed by atoms with Gasteiger partial charge in [0.25, 0.3) is 5.91 Å². The van der Waals surface area contributed by atoms with Crippen molar-refractivity contribution in [3.05, 3.63) is 29.6 Å². The highest BCUT2D eigenvalue weighted by Crippen LogP contribution is 2.08. The second-order valence-corrected chi connectivity index (χ2v) is 2.95. The summed E-state index contributed by atoms with van der Waals surface area (Å²) in [6.45, 7) is 1.38. The van der Waals surface area contributed by atoms with Gasteiger partial charge in [-0.05, 0) is 13.0 Å². The summed E-state index contributed by atoms with van der Waals surface area (Å²) in [5.41, 5.74) is -0.512. The molecule has 0 aliphatic rings.